The molecule has 0 unspecified atom stereocenters. The van der Waals surface area contributed by atoms with Crippen LogP contribution in [-0.2, 0) is 0 Å². The molecule has 0 aliphatic rings. The highest BCUT2D eigenvalue weighted by Gasteiger charge is 2.14. The maximum absolute atomic E-state index is 4.78. The first-order chi connectivity index (χ1) is 11.8. The smallest absolute Gasteiger partial charge is 0.230 e. The number of aromatic nitrogens is 3. The molecule has 0 N–H and O–H groups in total. The summed E-state index contributed by atoms with van der Waals surface area (Å²) >= 11 is 0. The van der Waals surface area contributed by atoms with Crippen LogP contribution in [0.4, 0.5) is 11.9 Å². The van der Waals surface area contributed by atoms with Gasteiger partial charge in [0.2, 0.25) is 18.2 Å². The first kappa shape index (κ1) is 20.7. The number of anilines is 2. The van der Waals surface area contributed by atoms with Gasteiger partial charge in [-0.25, -0.2) is 0 Å². The zero-order valence-electron chi connectivity index (χ0n) is 16.2. The Balaban J connectivity index is 2.88. The quantitative estimate of drug-likeness (QED) is 0.502. The van der Waals surface area contributed by atoms with E-state index in [1.165, 1.54) is 51.4 Å². The van der Waals surface area contributed by atoms with Gasteiger partial charge in [0.1, 0.15) is 0 Å². The summed E-state index contributed by atoms with van der Waals surface area (Å²) in [6.07, 6.45) is 12.3. The van der Waals surface area contributed by atoms with Crippen LogP contribution < -0.4 is 9.80 Å². The van der Waals surface area contributed by atoms with Crippen molar-refractivity contribution < 1.29 is 0 Å². The maximum atomic E-state index is 4.78. The molecule has 0 aliphatic carbocycles. The molecule has 0 spiro atoms. The Morgan fingerprint density at radius 2 is 0.958 bits per heavy atom. The lowest BCUT2D eigenvalue weighted by Gasteiger charge is -2.25. The second-order valence-corrected chi connectivity index (χ2v) is 6.42. The van der Waals surface area contributed by atoms with E-state index >= 15 is 0 Å². The van der Waals surface area contributed by atoms with E-state index in [1.54, 1.807) is 0 Å². The van der Waals surface area contributed by atoms with Gasteiger partial charge in [0, 0.05) is 26.2 Å². The molecule has 1 heterocycles. The van der Waals surface area contributed by atoms with Crippen LogP contribution in [0.3, 0.4) is 0 Å². The molecule has 1 aromatic rings. The Kier molecular flexibility index (Phi) is 11.2. The van der Waals surface area contributed by atoms with Gasteiger partial charge in [0.25, 0.3) is 0 Å². The second-order valence-electron chi connectivity index (χ2n) is 6.42. The summed E-state index contributed by atoms with van der Waals surface area (Å²) in [5, 5.41) is 0. The summed E-state index contributed by atoms with van der Waals surface area (Å²) in [7, 11) is 0. The zero-order valence-corrected chi connectivity index (χ0v) is 16.2. The highest BCUT2D eigenvalue weighted by molar-refractivity contribution is 5.37. The normalized spacial score (nSPS) is 10.8. The van der Waals surface area contributed by atoms with Gasteiger partial charge in [-0.3, -0.25) is 0 Å². The summed E-state index contributed by atoms with van der Waals surface area (Å²) in [5.74, 6) is 1.58. The van der Waals surface area contributed by atoms with Crippen molar-refractivity contribution in [1.82, 2.24) is 15.0 Å². The van der Waals surface area contributed by atoms with Crippen molar-refractivity contribution in [2.45, 2.75) is 79.1 Å². The van der Waals surface area contributed by atoms with E-state index < -0.39 is 0 Å². The van der Waals surface area contributed by atoms with Crippen molar-refractivity contribution in [3.05, 3.63) is 6.33 Å². The fraction of sp³-hybridized carbons (Fsp3) is 0.842. The van der Waals surface area contributed by atoms with Crippen molar-refractivity contribution >= 4 is 11.9 Å². The lowest BCUT2D eigenvalue weighted by atomic mass is 10.2. The Morgan fingerprint density at radius 1 is 0.625 bits per heavy atom. The van der Waals surface area contributed by atoms with Gasteiger partial charge in [-0.05, 0) is 25.7 Å². The number of unbranched alkanes of at least 4 members (excludes halogenated alkanes) is 4. The Bertz CT molecular complexity index is 373. The molecule has 5 heteroatoms. The van der Waals surface area contributed by atoms with Crippen LogP contribution in [0.5, 0.6) is 0 Å². The minimum atomic E-state index is 0.792. The van der Waals surface area contributed by atoms with Crippen molar-refractivity contribution in [3.8, 4) is 0 Å². The van der Waals surface area contributed by atoms with E-state index in [9.17, 15) is 0 Å². The standard InChI is InChI=1S/C19H36N5/c1-5-9-13-23(14-10-6-2)18-20-17-21-19(22-18)24(15-11-7-3)16-12-8-4/h5-16H2,1-4H3. The second kappa shape index (κ2) is 13.0. The van der Waals surface area contributed by atoms with Gasteiger partial charge in [-0.2, -0.15) is 15.0 Å². The van der Waals surface area contributed by atoms with E-state index in [2.05, 4.69) is 53.8 Å². The summed E-state index contributed by atoms with van der Waals surface area (Å²) in [6.45, 7) is 12.9. The number of nitrogens with zero attached hydrogens (tertiary/aromatic N) is 5. The van der Waals surface area contributed by atoms with Crippen LogP contribution in [0.15, 0.2) is 0 Å². The lowest BCUT2D eigenvalue weighted by Crippen LogP contribution is -2.31. The first-order valence-corrected chi connectivity index (χ1v) is 9.88. The van der Waals surface area contributed by atoms with Crippen LogP contribution in [0.2, 0.25) is 0 Å². The molecule has 0 saturated heterocycles. The molecule has 5 nitrogen and oxygen atoms in total. The van der Waals surface area contributed by atoms with Crippen molar-refractivity contribution in [2.24, 2.45) is 0 Å². The minimum absolute atomic E-state index is 0.792. The highest BCUT2D eigenvalue weighted by Crippen LogP contribution is 2.15. The monoisotopic (exact) mass is 334 g/mol. The first-order valence-electron chi connectivity index (χ1n) is 9.88. The molecule has 1 aromatic heterocycles. The van der Waals surface area contributed by atoms with E-state index in [4.69, 9.17) is 4.98 Å². The fourth-order valence-electron chi connectivity index (χ4n) is 2.56. The summed E-state index contributed by atoms with van der Waals surface area (Å²) in [4.78, 5) is 18.1. The van der Waals surface area contributed by atoms with Gasteiger partial charge >= 0.3 is 0 Å². The maximum Gasteiger partial charge on any atom is 0.230 e. The van der Waals surface area contributed by atoms with Crippen LogP contribution >= 0.6 is 0 Å². The zero-order chi connectivity index (χ0) is 17.6. The van der Waals surface area contributed by atoms with Crippen LogP contribution in [-0.4, -0.2) is 41.1 Å². The molecule has 1 radical (unpaired) electrons. The summed E-state index contributed by atoms with van der Waals surface area (Å²) < 4.78 is 0. The topological polar surface area (TPSA) is 45.2 Å². The van der Waals surface area contributed by atoms with Gasteiger partial charge in [0.15, 0.2) is 0 Å². The van der Waals surface area contributed by atoms with Gasteiger partial charge in [-0.15, -0.1) is 0 Å². The van der Waals surface area contributed by atoms with Gasteiger partial charge < -0.3 is 9.80 Å². The number of rotatable bonds is 14. The Hall–Kier alpha value is -1.39. The molecule has 0 atom stereocenters. The third-order valence-corrected chi connectivity index (χ3v) is 4.19. The molecular formula is C19H36N5. The molecule has 24 heavy (non-hydrogen) atoms. The predicted octanol–water partition coefficient (Wildman–Crippen LogP) is 4.48. The summed E-state index contributed by atoms with van der Waals surface area (Å²) in [6, 6.07) is 0. The average molecular weight is 335 g/mol. The molecule has 0 amide bonds. The fourth-order valence-corrected chi connectivity index (χ4v) is 2.56. The summed E-state index contributed by atoms with van der Waals surface area (Å²) in [5.41, 5.74) is 0. The predicted molar refractivity (Wildman–Crippen MR) is 103 cm³/mol. The molecule has 0 aromatic carbocycles. The highest BCUT2D eigenvalue weighted by atomic mass is 15.3. The van der Waals surface area contributed by atoms with E-state index in [1.807, 2.05) is 0 Å². The molecule has 0 aliphatic heterocycles. The largest absolute Gasteiger partial charge is 0.341 e. The molecule has 0 bridgehead atoms. The van der Waals surface area contributed by atoms with E-state index in [0.717, 1.165) is 38.1 Å². The number of hydrogen-bond acceptors (Lipinski definition) is 5. The van der Waals surface area contributed by atoms with Crippen LogP contribution in [0, 0.1) is 6.33 Å². The van der Waals surface area contributed by atoms with Crippen LogP contribution in [0.1, 0.15) is 79.1 Å². The third kappa shape index (κ3) is 7.45. The van der Waals surface area contributed by atoms with Crippen molar-refractivity contribution in [1.29, 1.82) is 0 Å². The minimum Gasteiger partial charge on any atom is -0.341 e. The molecule has 137 valence electrons. The SMILES string of the molecule is CCCCN(CCCC)c1n[c]nc(N(CCCC)CCCC)n1. The molecule has 0 saturated carbocycles. The Labute approximate surface area is 148 Å². The van der Waals surface area contributed by atoms with Gasteiger partial charge in [-0.1, -0.05) is 53.4 Å². The molecule has 0 fully saturated rings. The van der Waals surface area contributed by atoms with Crippen molar-refractivity contribution in [2.75, 3.05) is 36.0 Å². The van der Waals surface area contributed by atoms with Gasteiger partial charge in [0.05, 0.1) is 0 Å². The van der Waals surface area contributed by atoms with E-state index in [-0.39, 0.29) is 0 Å². The third-order valence-electron chi connectivity index (χ3n) is 4.19. The number of hydrogen-bond donors (Lipinski definition) is 0. The Morgan fingerprint density at radius 3 is 1.25 bits per heavy atom. The molecule has 1 rings (SSSR count). The molecular weight excluding hydrogens is 298 g/mol. The average Bonchev–Trinajstić information content (AvgIpc) is 2.62. The van der Waals surface area contributed by atoms with Crippen LogP contribution in [0.25, 0.3) is 0 Å². The van der Waals surface area contributed by atoms with E-state index in [0.29, 0.717) is 0 Å². The van der Waals surface area contributed by atoms with Crippen molar-refractivity contribution in [3.63, 3.8) is 0 Å². The lowest BCUT2D eigenvalue weighted by molar-refractivity contribution is 0.644.